The van der Waals surface area contributed by atoms with Gasteiger partial charge in [0.25, 0.3) is 0 Å². The molecule has 2 atom stereocenters. The van der Waals surface area contributed by atoms with Crippen LogP contribution in [0.25, 0.3) is 0 Å². The molecule has 0 amide bonds. The van der Waals surface area contributed by atoms with Crippen molar-refractivity contribution >= 4 is 11.9 Å². The topological polar surface area (TPSA) is 88.5 Å². The molecule has 2 fully saturated rings. The van der Waals surface area contributed by atoms with Crippen LogP contribution in [-0.2, 0) is 23.9 Å². The van der Waals surface area contributed by atoms with E-state index in [0.29, 0.717) is 32.1 Å². The van der Waals surface area contributed by atoms with Crippen LogP contribution in [0, 0.1) is 0 Å². The Morgan fingerprint density at radius 2 is 1.17 bits per heavy atom. The zero-order valence-electron chi connectivity index (χ0n) is 24.3. The second kappa shape index (κ2) is 12.1. The molecule has 2 rings (SSSR count). The standard InChI is InChI=1S/C28H52N2O6/c1-25(2)17-15-21(19-27(5,6)29(25)33)35-23(31)13-11-10-12-14-24(32)36-22-16-18-26(3,4)30(34-9)28(7,8)20-22/h21-22,33H,10-20H2,1-9H3. The molecule has 0 aromatic heterocycles. The molecule has 2 heterocycles. The van der Waals surface area contributed by atoms with Crippen LogP contribution >= 0.6 is 0 Å². The molecule has 2 unspecified atom stereocenters. The van der Waals surface area contributed by atoms with Crippen molar-refractivity contribution < 1.29 is 29.1 Å². The Labute approximate surface area is 218 Å². The van der Waals surface area contributed by atoms with Crippen LogP contribution in [0.4, 0.5) is 0 Å². The third kappa shape index (κ3) is 8.40. The number of esters is 2. The zero-order chi connectivity index (χ0) is 27.4. The Morgan fingerprint density at radius 1 is 0.722 bits per heavy atom. The number of hydrogen-bond donors (Lipinski definition) is 1. The molecule has 8 nitrogen and oxygen atoms in total. The zero-order valence-corrected chi connectivity index (χ0v) is 24.3. The van der Waals surface area contributed by atoms with Gasteiger partial charge >= 0.3 is 11.9 Å². The van der Waals surface area contributed by atoms with Crippen LogP contribution in [0.5, 0.6) is 0 Å². The summed E-state index contributed by atoms with van der Waals surface area (Å²) in [7, 11) is 1.70. The lowest BCUT2D eigenvalue weighted by molar-refractivity contribution is -0.247. The van der Waals surface area contributed by atoms with E-state index >= 15 is 0 Å². The van der Waals surface area contributed by atoms with Crippen molar-refractivity contribution in [3.63, 3.8) is 0 Å². The molecule has 8 heteroatoms. The first-order chi connectivity index (χ1) is 16.5. The van der Waals surface area contributed by atoms with Gasteiger partial charge in [0.2, 0.25) is 0 Å². The molecule has 2 aliphatic heterocycles. The Morgan fingerprint density at radius 3 is 1.64 bits per heavy atom. The van der Waals surface area contributed by atoms with Gasteiger partial charge < -0.3 is 19.5 Å². The number of carbonyl (C=O) groups excluding carboxylic acids is 2. The van der Waals surface area contributed by atoms with Crippen LogP contribution in [0.1, 0.15) is 126 Å². The average Bonchev–Trinajstić information content (AvgIpc) is 2.87. The van der Waals surface area contributed by atoms with Crippen molar-refractivity contribution in [2.24, 2.45) is 0 Å². The Balaban J connectivity index is 1.70. The summed E-state index contributed by atoms with van der Waals surface area (Å²) >= 11 is 0. The molecule has 1 N–H and O–H groups in total. The molecular formula is C28H52N2O6. The summed E-state index contributed by atoms with van der Waals surface area (Å²) in [5, 5.41) is 14.0. The fourth-order valence-corrected chi connectivity index (χ4v) is 6.26. The van der Waals surface area contributed by atoms with E-state index in [1.165, 1.54) is 5.06 Å². The number of carbonyl (C=O) groups is 2. The molecule has 0 aliphatic carbocycles. The van der Waals surface area contributed by atoms with Gasteiger partial charge in [0, 0.05) is 47.8 Å². The number of hydrogen-bond acceptors (Lipinski definition) is 8. The van der Waals surface area contributed by atoms with E-state index in [0.717, 1.165) is 38.5 Å². The monoisotopic (exact) mass is 512 g/mol. The molecule has 0 bridgehead atoms. The van der Waals surface area contributed by atoms with Gasteiger partial charge in [-0.15, -0.1) is 0 Å². The van der Waals surface area contributed by atoms with Crippen LogP contribution < -0.4 is 0 Å². The number of hydroxylamine groups is 4. The van der Waals surface area contributed by atoms with Gasteiger partial charge in [-0.3, -0.25) is 9.59 Å². The Kier molecular flexibility index (Phi) is 10.4. The van der Waals surface area contributed by atoms with E-state index < -0.39 is 5.54 Å². The van der Waals surface area contributed by atoms with Crippen molar-refractivity contribution in [2.75, 3.05) is 7.11 Å². The molecule has 0 aromatic carbocycles. The van der Waals surface area contributed by atoms with Gasteiger partial charge in [0.1, 0.15) is 12.2 Å². The summed E-state index contributed by atoms with van der Waals surface area (Å²) < 4.78 is 11.6. The minimum Gasteiger partial charge on any atom is -0.462 e. The van der Waals surface area contributed by atoms with Crippen LogP contribution in [0.2, 0.25) is 0 Å². The molecule has 2 aliphatic rings. The van der Waals surface area contributed by atoms with Gasteiger partial charge in [-0.2, -0.15) is 10.1 Å². The lowest BCUT2D eigenvalue weighted by Crippen LogP contribution is -2.53. The normalized spacial score (nSPS) is 28.1. The smallest absolute Gasteiger partial charge is 0.306 e. The summed E-state index contributed by atoms with van der Waals surface area (Å²) in [6.45, 7) is 16.5. The van der Waals surface area contributed by atoms with Crippen molar-refractivity contribution in [1.82, 2.24) is 10.1 Å². The number of ether oxygens (including phenoxy) is 2. The third-order valence-corrected chi connectivity index (χ3v) is 7.90. The maximum absolute atomic E-state index is 12.5. The van der Waals surface area contributed by atoms with Crippen molar-refractivity contribution in [3.8, 4) is 0 Å². The molecular weight excluding hydrogens is 460 g/mol. The molecule has 0 radical (unpaired) electrons. The summed E-state index contributed by atoms with van der Waals surface area (Å²) in [6.07, 6.45) is 7.08. The van der Waals surface area contributed by atoms with Crippen molar-refractivity contribution in [2.45, 2.75) is 160 Å². The second-order valence-corrected chi connectivity index (χ2v) is 13.3. The highest BCUT2D eigenvalue weighted by atomic mass is 16.7. The Bertz CT molecular complexity index is 748. The fourth-order valence-electron chi connectivity index (χ4n) is 6.26. The fraction of sp³-hybridized carbons (Fsp3) is 0.929. The van der Waals surface area contributed by atoms with Crippen molar-refractivity contribution in [3.05, 3.63) is 0 Å². The highest BCUT2D eigenvalue weighted by molar-refractivity contribution is 5.70. The first-order valence-corrected chi connectivity index (χ1v) is 13.7. The second-order valence-electron chi connectivity index (χ2n) is 13.3. The molecule has 0 saturated carbocycles. The first kappa shape index (κ1) is 31.0. The van der Waals surface area contributed by atoms with E-state index in [4.69, 9.17) is 14.3 Å². The van der Waals surface area contributed by atoms with E-state index in [1.807, 2.05) is 32.8 Å². The lowest BCUT2D eigenvalue weighted by atomic mass is 9.95. The summed E-state index contributed by atoms with van der Waals surface area (Å²) in [4.78, 5) is 30.6. The summed E-state index contributed by atoms with van der Waals surface area (Å²) in [5.41, 5.74) is -1.19. The van der Waals surface area contributed by atoms with E-state index in [-0.39, 0.29) is 40.8 Å². The van der Waals surface area contributed by atoms with Crippen LogP contribution in [-0.4, -0.2) is 68.7 Å². The van der Waals surface area contributed by atoms with Gasteiger partial charge in [-0.05, 0) is 93.9 Å². The van der Waals surface area contributed by atoms with Crippen LogP contribution in [0.3, 0.4) is 0 Å². The SMILES string of the molecule is CON1C(C)(C)CCC(OC(=O)CCCCCC(=O)OC2CCC(C)(C)N(O)C(C)(C)C2)CC1(C)C. The minimum atomic E-state index is -0.463. The maximum atomic E-state index is 12.5. The molecule has 0 aromatic rings. The Hall–Kier alpha value is -1.22. The predicted molar refractivity (Wildman–Crippen MR) is 139 cm³/mol. The van der Waals surface area contributed by atoms with Gasteiger partial charge in [-0.25, -0.2) is 0 Å². The van der Waals surface area contributed by atoms with E-state index in [2.05, 4.69) is 27.7 Å². The molecule has 0 spiro atoms. The molecule has 36 heavy (non-hydrogen) atoms. The first-order valence-electron chi connectivity index (χ1n) is 13.7. The van der Waals surface area contributed by atoms with Gasteiger partial charge in [-0.1, -0.05) is 6.42 Å². The quantitative estimate of drug-likeness (QED) is 0.306. The summed E-state index contributed by atoms with van der Waals surface area (Å²) in [5.74, 6) is -0.368. The van der Waals surface area contributed by atoms with Crippen LogP contribution in [0.15, 0.2) is 0 Å². The molecule has 210 valence electrons. The third-order valence-electron chi connectivity index (χ3n) is 7.90. The summed E-state index contributed by atoms with van der Waals surface area (Å²) in [6, 6.07) is 0. The highest BCUT2D eigenvalue weighted by Crippen LogP contribution is 2.38. The number of unbranched alkanes of at least 4 members (excludes halogenated alkanes) is 2. The number of rotatable bonds is 9. The minimum absolute atomic E-state index is 0.120. The lowest BCUT2D eigenvalue weighted by Gasteiger charge is -2.44. The number of nitrogens with zero attached hydrogens (tertiary/aromatic N) is 2. The van der Waals surface area contributed by atoms with E-state index in [1.54, 1.807) is 7.11 Å². The van der Waals surface area contributed by atoms with Gasteiger partial charge in [0.05, 0.1) is 7.11 Å². The van der Waals surface area contributed by atoms with Gasteiger partial charge in [0.15, 0.2) is 0 Å². The maximum Gasteiger partial charge on any atom is 0.306 e. The van der Waals surface area contributed by atoms with Crippen molar-refractivity contribution in [1.29, 1.82) is 0 Å². The molecule has 2 saturated heterocycles. The average molecular weight is 513 g/mol. The van der Waals surface area contributed by atoms with E-state index in [9.17, 15) is 14.8 Å². The predicted octanol–water partition coefficient (Wildman–Crippen LogP) is 5.80. The highest BCUT2D eigenvalue weighted by Gasteiger charge is 2.44. The largest absolute Gasteiger partial charge is 0.462 e.